The fourth-order valence-electron chi connectivity index (χ4n) is 4.55. The normalized spacial score (nSPS) is 14.8. The predicted molar refractivity (Wildman–Crippen MR) is 136 cm³/mol. The summed E-state index contributed by atoms with van der Waals surface area (Å²) in [6.45, 7) is 1.85. The van der Waals surface area contributed by atoms with Gasteiger partial charge < -0.3 is 14.2 Å². The average Bonchev–Trinajstić information content (AvgIpc) is 3.55. The Balaban J connectivity index is 1.23. The van der Waals surface area contributed by atoms with E-state index in [1.165, 1.54) is 17.0 Å². The van der Waals surface area contributed by atoms with E-state index in [2.05, 4.69) is 20.0 Å². The van der Waals surface area contributed by atoms with Crippen molar-refractivity contribution in [2.75, 3.05) is 32.7 Å². The van der Waals surface area contributed by atoms with Gasteiger partial charge in [0.1, 0.15) is 5.75 Å². The summed E-state index contributed by atoms with van der Waals surface area (Å²) in [5, 5.41) is 8.41. The number of piperazine rings is 1. The maximum atomic E-state index is 13.0. The van der Waals surface area contributed by atoms with E-state index in [0.717, 1.165) is 23.4 Å². The van der Waals surface area contributed by atoms with Crippen molar-refractivity contribution in [3.63, 3.8) is 0 Å². The Kier molecular flexibility index (Phi) is 7.95. The second-order valence-corrected chi connectivity index (χ2v) is 9.71. The van der Waals surface area contributed by atoms with E-state index < -0.39 is 19.1 Å². The van der Waals surface area contributed by atoms with Crippen LogP contribution in [0.1, 0.15) is 21.6 Å². The minimum absolute atomic E-state index is 0.107. The van der Waals surface area contributed by atoms with Gasteiger partial charge in [-0.3, -0.25) is 14.4 Å². The van der Waals surface area contributed by atoms with Crippen molar-refractivity contribution in [1.82, 2.24) is 29.7 Å². The summed E-state index contributed by atoms with van der Waals surface area (Å²) >= 11 is 0. The number of ether oxygens (including phenoxy) is 1. The highest BCUT2D eigenvalue weighted by Gasteiger charge is 2.33. The molecule has 0 saturated carbocycles. The molecule has 9 nitrogen and oxygen atoms in total. The number of benzene rings is 2. The first-order valence-corrected chi connectivity index (χ1v) is 12.7. The van der Waals surface area contributed by atoms with Gasteiger partial charge in [-0.2, -0.15) is 23.3 Å². The molecule has 2 aromatic heterocycles. The lowest BCUT2D eigenvalue weighted by molar-refractivity contribution is -0.274. The smallest absolute Gasteiger partial charge is 0.406 e. The molecule has 2 aromatic carbocycles. The van der Waals surface area contributed by atoms with Crippen LogP contribution in [0.4, 0.5) is 26.3 Å². The number of aryl methyl sites for hydroxylation is 1. The van der Waals surface area contributed by atoms with E-state index >= 15 is 0 Å². The lowest BCUT2D eigenvalue weighted by Gasteiger charge is -2.35. The molecule has 5 rings (SSSR count). The molecule has 4 aromatic rings. The van der Waals surface area contributed by atoms with Gasteiger partial charge in [-0.05, 0) is 55.0 Å². The summed E-state index contributed by atoms with van der Waals surface area (Å²) in [5.41, 5.74) is 2.76. The van der Waals surface area contributed by atoms with Gasteiger partial charge in [0.15, 0.2) is 5.69 Å². The second-order valence-electron chi connectivity index (χ2n) is 9.71. The van der Waals surface area contributed by atoms with Gasteiger partial charge >= 0.3 is 12.5 Å². The molecule has 222 valence electrons. The molecule has 0 bridgehead atoms. The number of hydrogen-bond acceptors (Lipinski definition) is 7. The molecule has 1 saturated heterocycles. The van der Waals surface area contributed by atoms with Gasteiger partial charge in [-0.1, -0.05) is 17.3 Å². The Labute approximate surface area is 235 Å². The van der Waals surface area contributed by atoms with E-state index in [-0.39, 0.29) is 49.6 Å². The number of rotatable bonds is 7. The summed E-state index contributed by atoms with van der Waals surface area (Å²) in [7, 11) is 0. The number of carbonyl (C=O) groups excluding carboxylic acids is 1. The summed E-state index contributed by atoms with van der Waals surface area (Å²) in [4.78, 5) is 20.2. The van der Waals surface area contributed by atoms with E-state index in [0.29, 0.717) is 23.4 Å². The largest absolute Gasteiger partial charge is 0.573 e. The highest BCUT2D eigenvalue weighted by atomic mass is 19.4. The maximum Gasteiger partial charge on any atom is 0.573 e. The Morgan fingerprint density at radius 1 is 0.976 bits per heavy atom. The zero-order valence-electron chi connectivity index (χ0n) is 22.1. The standard InChI is InChI=1S/C27H24F6N6O3/c1-17-13-22(24-34-23(36-42-24)19-5-7-21(8-6-19)41-27(31,32)33)35-39(17)15-18-3-2-4-20(14-18)25(40)38-11-9-37(10-12-38)16-26(28,29)30/h2-8,13-14H,9-12,15-16H2,1H3. The van der Waals surface area contributed by atoms with Crippen LogP contribution in [0.25, 0.3) is 23.0 Å². The van der Waals surface area contributed by atoms with Gasteiger partial charge in [0.25, 0.3) is 11.8 Å². The summed E-state index contributed by atoms with van der Waals surface area (Å²) in [5.74, 6) is -0.367. The first-order valence-electron chi connectivity index (χ1n) is 12.7. The molecule has 42 heavy (non-hydrogen) atoms. The Bertz CT molecular complexity index is 1540. The molecular formula is C27H24F6N6O3. The summed E-state index contributed by atoms with van der Waals surface area (Å²) in [6, 6.07) is 13.7. The molecule has 0 radical (unpaired) electrons. The first kappa shape index (κ1) is 29.1. The minimum atomic E-state index is -4.80. The van der Waals surface area contributed by atoms with Crippen molar-refractivity contribution in [3.05, 3.63) is 71.4 Å². The van der Waals surface area contributed by atoms with Crippen LogP contribution >= 0.6 is 0 Å². The van der Waals surface area contributed by atoms with E-state index in [1.54, 1.807) is 33.8 Å². The molecular weight excluding hydrogens is 570 g/mol. The molecule has 0 spiro atoms. The molecule has 15 heteroatoms. The Morgan fingerprint density at radius 3 is 2.36 bits per heavy atom. The van der Waals surface area contributed by atoms with Gasteiger partial charge in [0.2, 0.25) is 5.82 Å². The highest BCUT2D eigenvalue weighted by molar-refractivity contribution is 5.94. The molecule has 0 aliphatic carbocycles. The van der Waals surface area contributed by atoms with Crippen LogP contribution in [0, 0.1) is 6.92 Å². The number of carbonyl (C=O) groups is 1. The number of amides is 1. The number of alkyl halides is 6. The monoisotopic (exact) mass is 594 g/mol. The molecule has 0 N–H and O–H groups in total. The van der Waals surface area contributed by atoms with E-state index in [9.17, 15) is 31.1 Å². The topological polar surface area (TPSA) is 89.5 Å². The molecule has 1 amide bonds. The fourth-order valence-corrected chi connectivity index (χ4v) is 4.55. The van der Waals surface area contributed by atoms with Crippen molar-refractivity contribution in [2.45, 2.75) is 26.0 Å². The molecule has 1 aliphatic heterocycles. The SMILES string of the molecule is Cc1cc(-c2nc(-c3ccc(OC(F)(F)F)cc3)no2)nn1Cc1cccc(C(=O)N2CCN(CC(F)(F)F)CC2)c1. The van der Waals surface area contributed by atoms with Crippen molar-refractivity contribution in [1.29, 1.82) is 0 Å². The van der Waals surface area contributed by atoms with Crippen LogP contribution in [0.2, 0.25) is 0 Å². The lowest BCUT2D eigenvalue weighted by Crippen LogP contribution is -2.50. The maximum absolute atomic E-state index is 13.0. The molecule has 0 atom stereocenters. The number of halogens is 6. The average molecular weight is 595 g/mol. The molecule has 1 aliphatic rings. The molecule has 0 unspecified atom stereocenters. The minimum Gasteiger partial charge on any atom is -0.406 e. The van der Waals surface area contributed by atoms with Crippen molar-refractivity contribution in [3.8, 4) is 28.7 Å². The number of nitrogens with zero attached hydrogens (tertiary/aromatic N) is 6. The van der Waals surface area contributed by atoms with Gasteiger partial charge in [0, 0.05) is 43.0 Å². The van der Waals surface area contributed by atoms with E-state index in [4.69, 9.17) is 4.52 Å². The third-order valence-electron chi connectivity index (χ3n) is 6.54. The quantitative estimate of drug-likeness (QED) is 0.273. The number of aromatic nitrogens is 4. The summed E-state index contributed by atoms with van der Waals surface area (Å²) in [6.07, 6.45) is -9.08. The molecule has 3 heterocycles. The Morgan fingerprint density at radius 2 is 1.69 bits per heavy atom. The number of hydrogen-bond donors (Lipinski definition) is 0. The zero-order valence-corrected chi connectivity index (χ0v) is 22.1. The van der Waals surface area contributed by atoms with Crippen LogP contribution in [0.5, 0.6) is 5.75 Å². The molecule has 1 fully saturated rings. The zero-order chi connectivity index (χ0) is 30.1. The third-order valence-corrected chi connectivity index (χ3v) is 6.54. The van der Waals surface area contributed by atoms with Gasteiger partial charge in [-0.25, -0.2) is 0 Å². The van der Waals surface area contributed by atoms with Crippen LogP contribution in [-0.4, -0.2) is 80.9 Å². The van der Waals surface area contributed by atoms with Gasteiger partial charge in [0.05, 0.1) is 13.1 Å². The van der Waals surface area contributed by atoms with Crippen LogP contribution in [-0.2, 0) is 6.54 Å². The second kappa shape index (κ2) is 11.5. The predicted octanol–water partition coefficient (Wildman–Crippen LogP) is 5.18. The van der Waals surface area contributed by atoms with Crippen LogP contribution < -0.4 is 4.74 Å². The fraction of sp³-hybridized carbons (Fsp3) is 0.333. The van der Waals surface area contributed by atoms with Gasteiger partial charge in [-0.15, -0.1) is 13.2 Å². The van der Waals surface area contributed by atoms with Crippen molar-refractivity contribution in [2.24, 2.45) is 0 Å². The first-order chi connectivity index (χ1) is 19.8. The van der Waals surface area contributed by atoms with Crippen molar-refractivity contribution < 1.29 is 40.4 Å². The third kappa shape index (κ3) is 7.26. The van der Waals surface area contributed by atoms with Crippen LogP contribution in [0.15, 0.2) is 59.1 Å². The Hall–Kier alpha value is -4.40. The van der Waals surface area contributed by atoms with Crippen molar-refractivity contribution >= 4 is 5.91 Å². The van der Waals surface area contributed by atoms with Crippen LogP contribution in [0.3, 0.4) is 0 Å². The van der Waals surface area contributed by atoms with E-state index in [1.807, 2.05) is 13.0 Å². The summed E-state index contributed by atoms with van der Waals surface area (Å²) < 4.78 is 86.0. The highest BCUT2D eigenvalue weighted by Crippen LogP contribution is 2.27. The lowest BCUT2D eigenvalue weighted by atomic mass is 10.1.